The molecule has 0 amide bonds. The summed E-state index contributed by atoms with van der Waals surface area (Å²) < 4.78 is 7.02. The fraction of sp³-hybridized carbons (Fsp3) is 0.433. The third kappa shape index (κ3) is 6.63. The van der Waals surface area contributed by atoms with Gasteiger partial charge in [0.2, 0.25) is 11.8 Å². The van der Waals surface area contributed by atoms with Crippen molar-refractivity contribution in [3.63, 3.8) is 0 Å². The van der Waals surface area contributed by atoms with E-state index in [0.717, 1.165) is 30.4 Å². The number of azo groups is 1. The number of ether oxygens (including phenoxy) is 1. The Balaban J connectivity index is 1.84. The molecule has 4 rings (SSSR count). The quantitative estimate of drug-likeness (QED) is 0.170. The van der Waals surface area contributed by atoms with Crippen molar-refractivity contribution in [2.75, 3.05) is 48.9 Å². The van der Waals surface area contributed by atoms with Crippen LogP contribution in [0, 0.1) is 11.3 Å². The number of nitriles is 1. The van der Waals surface area contributed by atoms with E-state index in [9.17, 15) is 5.26 Å². The summed E-state index contributed by atoms with van der Waals surface area (Å²) in [4.78, 5) is 16.5. The van der Waals surface area contributed by atoms with E-state index in [1.165, 1.54) is 0 Å². The van der Waals surface area contributed by atoms with Gasteiger partial charge in [-0.25, -0.2) is 9.67 Å². The molecule has 12 nitrogen and oxygen atoms in total. The van der Waals surface area contributed by atoms with Gasteiger partial charge in [0.05, 0.1) is 17.8 Å². The number of hydrogen-bond donors (Lipinski definition) is 2. The zero-order valence-corrected chi connectivity index (χ0v) is 25.2. The molecule has 0 aliphatic rings. The number of para-hydroxylation sites is 1. The Labute approximate surface area is 246 Å². The number of aromatic nitrogens is 5. The molecule has 0 bridgehead atoms. The molecule has 220 valence electrons. The summed E-state index contributed by atoms with van der Waals surface area (Å²) in [6.45, 7) is 12.9. The topological polar surface area (TPSA) is 142 Å². The lowest BCUT2D eigenvalue weighted by atomic mass is 10.2. The molecule has 0 radical (unpaired) electrons. The van der Waals surface area contributed by atoms with E-state index in [2.05, 4.69) is 57.7 Å². The van der Waals surface area contributed by atoms with Crippen molar-refractivity contribution in [2.24, 2.45) is 10.2 Å². The van der Waals surface area contributed by atoms with Gasteiger partial charge in [0.25, 0.3) is 0 Å². The number of benzene rings is 1. The Morgan fingerprint density at radius 2 is 1.79 bits per heavy atom. The minimum Gasteiger partial charge on any atom is -0.383 e. The molecule has 0 saturated heterocycles. The van der Waals surface area contributed by atoms with Crippen LogP contribution in [-0.2, 0) is 11.2 Å². The molecule has 1 unspecified atom stereocenters. The van der Waals surface area contributed by atoms with E-state index in [-0.39, 0.29) is 11.9 Å². The average molecular weight is 570 g/mol. The van der Waals surface area contributed by atoms with Gasteiger partial charge in [-0.05, 0) is 51.8 Å². The van der Waals surface area contributed by atoms with Crippen LogP contribution in [0.5, 0.6) is 0 Å². The van der Waals surface area contributed by atoms with Crippen LogP contribution in [0.25, 0.3) is 16.7 Å². The zero-order chi connectivity index (χ0) is 30.1. The van der Waals surface area contributed by atoms with Gasteiger partial charge in [0.15, 0.2) is 23.1 Å². The number of fused-ring (bicyclic) bond motifs is 1. The summed E-state index contributed by atoms with van der Waals surface area (Å²) >= 11 is 0. The third-order valence-electron chi connectivity index (χ3n) is 6.72. The molecule has 4 aromatic rings. The summed E-state index contributed by atoms with van der Waals surface area (Å²) in [7, 11) is 1.66. The highest BCUT2D eigenvalue weighted by Gasteiger charge is 2.22. The van der Waals surface area contributed by atoms with Crippen molar-refractivity contribution in [1.29, 1.82) is 5.26 Å². The normalized spacial score (nSPS) is 12.0. The third-order valence-corrected chi connectivity index (χ3v) is 6.72. The van der Waals surface area contributed by atoms with Crippen molar-refractivity contribution in [1.82, 2.24) is 24.7 Å². The van der Waals surface area contributed by atoms with Crippen LogP contribution in [0.15, 0.2) is 46.6 Å². The Hall–Kier alpha value is -4.63. The fourth-order valence-corrected chi connectivity index (χ4v) is 4.59. The highest BCUT2D eigenvalue weighted by atomic mass is 16.5. The first kappa shape index (κ1) is 30.3. The van der Waals surface area contributed by atoms with Crippen molar-refractivity contribution >= 4 is 40.0 Å². The SMILES string of the molecule is CCCNc1nc(N(CC)CC)nc(NC(C)COC)c1N=Nc1nn(-c2ccc3ccccc3n2)c(CC)c1C#N. The van der Waals surface area contributed by atoms with Crippen molar-refractivity contribution in [3.05, 3.63) is 47.7 Å². The molecule has 12 heteroatoms. The smallest absolute Gasteiger partial charge is 0.229 e. The van der Waals surface area contributed by atoms with Crippen LogP contribution in [0.3, 0.4) is 0 Å². The van der Waals surface area contributed by atoms with Gasteiger partial charge >= 0.3 is 0 Å². The van der Waals surface area contributed by atoms with E-state index in [0.29, 0.717) is 59.9 Å². The number of nitrogens with one attached hydrogen (secondary N) is 2. The van der Waals surface area contributed by atoms with Crippen molar-refractivity contribution in [2.45, 2.75) is 53.5 Å². The molecule has 3 aromatic heterocycles. The minimum absolute atomic E-state index is 0.0537. The van der Waals surface area contributed by atoms with Gasteiger partial charge in [-0.15, -0.1) is 15.3 Å². The highest BCUT2D eigenvalue weighted by Crippen LogP contribution is 2.36. The molecule has 3 heterocycles. The molecule has 42 heavy (non-hydrogen) atoms. The van der Waals surface area contributed by atoms with Gasteiger partial charge in [0, 0.05) is 38.2 Å². The van der Waals surface area contributed by atoms with Gasteiger partial charge in [-0.3, -0.25) is 0 Å². The van der Waals surface area contributed by atoms with E-state index in [1.807, 2.05) is 50.2 Å². The predicted octanol–water partition coefficient (Wildman–Crippen LogP) is 6.17. The maximum absolute atomic E-state index is 10.1. The Kier molecular flexibility index (Phi) is 10.3. The summed E-state index contributed by atoms with van der Waals surface area (Å²) in [6.07, 6.45) is 1.46. The van der Waals surface area contributed by atoms with E-state index in [1.54, 1.807) is 11.8 Å². The molecule has 1 aromatic carbocycles. The minimum atomic E-state index is -0.0537. The number of pyridine rings is 1. The molecule has 0 fully saturated rings. The molecule has 0 saturated carbocycles. The largest absolute Gasteiger partial charge is 0.383 e. The average Bonchev–Trinajstić information content (AvgIpc) is 3.37. The maximum atomic E-state index is 10.1. The second-order valence-corrected chi connectivity index (χ2v) is 9.75. The van der Waals surface area contributed by atoms with Crippen LogP contribution in [-0.4, -0.2) is 64.1 Å². The monoisotopic (exact) mass is 569 g/mol. The zero-order valence-electron chi connectivity index (χ0n) is 25.2. The van der Waals surface area contributed by atoms with Gasteiger partial charge in [-0.1, -0.05) is 32.0 Å². The fourth-order valence-electron chi connectivity index (χ4n) is 4.59. The Morgan fingerprint density at radius 1 is 1.02 bits per heavy atom. The van der Waals surface area contributed by atoms with E-state index in [4.69, 9.17) is 19.7 Å². The van der Waals surface area contributed by atoms with Crippen LogP contribution in [0.2, 0.25) is 0 Å². The van der Waals surface area contributed by atoms with Crippen LogP contribution in [0.1, 0.15) is 52.3 Å². The van der Waals surface area contributed by atoms with Crippen LogP contribution in [0.4, 0.5) is 29.1 Å². The summed E-state index contributed by atoms with van der Waals surface area (Å²) in [5.74, 6) is 2.46. The van der Waals surface area contributed by atoms with Gasteiger partial charge in [-0.2, -0.15) is 15.2 Å². The second kappa shape index (κ2) is 14.3. The number of methoxy groups -OCH3 is 1. The van der Waals surface area contributed by atoms with E-state index >= 15 is 0 Å². The van der Waals surface area contributed by atoms with Crippen LogP contribution < -0.4 is 15.5 Å². The lowest BCUT2D eigenvalue weighted by Gasteiger charge is -2.23. The molecular weight excluding hydrogens is 530 g/mol. The first-order valence-electron chi connectivity index (χ1n) is 14.4. The molecule has 2 N–H and O–H groups in total. The Morgan fingerprint density at radius 3 is 2.48 bits per heavy atom. The predicted molar refractivity (Wildman–Crippen MR) is 166 cm³/mol. The number of rotatable bonds is 14. The highest BCUT2D eigenvalue weighted by molar-refractivity contribution is 5.79. The summed E-state index contributed by atoms with van der Waals surface area (Å²) in [6, 6.07) is 14.0. The Bertz CT molecular complexity index is 1570. The lowest BCUT2D eigenvalue weighted by Crippen LogP contribution is -2.26. The molecule has 0 spiro atoms. The molecule has 0 aliphatic heterocycles. The standard InChI is InChI=1S/C30H39N11O/c1-7-17-32-28-26(29(33-20(5)19-42-6)36-30(35-28)40(9-3)10-4)37-38-27-22(18-31)24(8-2)41(39-27)25-16-15-21-13-11-12-14-23(21)34-25/h11-16,20H,7-10,17,19H2,1-6H3,(H2,32,33,35,36). The lowest BCUT2D eigenvalue weighted by molar-refractivity contribution is 0.190. The van der Waals surface area contributed by atoms with Crippen LogP contribution >= 0.6 is 0 Å². The number of hydrogen-bond acceptors (Lipinski definition) is 11. The van der Waals surface area contributed by atoms with Crippen molar-refractivity contribution < 1.29 is 4.74 Å². The first-order valence-corrected chi connectivity index (χ1v) is 14.4. The molecular formula is C30H39N11O. The molecule has 1 atom stereocenters. The second-order valence-electron chi connectivity index (χ2n) is 9.75. The maximum Gasteiger partial charge on any atom is 0.229 e. The first-order chi connectivity index (χ1) is 20.5. The van der Waals surface area contributed by atoms with Gasteiger partial charge < -0.3 is 20.3 Å². The van der Waals surface area contributed by atoms with Gasteiger partial charge in [0.1, 0.15) is 11.6 Å². The summed E-state index contributed by atoms with van der Waals surface area (Å²) in [5, 5.41) is 31.7. The number of anilines is 3. The number of nitrogens with zero attached hydrogens (tertiary/aromatic N) is 9. The van der Waals surface area contributed by atoms with Crippen molar-refractivity contribution in [3.8, 4) is 11.9 Å². The molecule has 0 aliphatic carbocycles. The summed E-state index contributed by atoms with van der Waals surface area (Å²) in [5.41, 5.74) is 2.33. The van der Waals surface area contributed by atoms with E-state index < -0.39 is 0 Å².